The molecule has 0 atom stereocenters. The molecule has 4 heteroatoms. The number of nitrogens with zero attached hydrogens (tertiary/aromatic N) is 3. The molecule has 1 amide bonds. The predicted molar refractivity (Wildman–Crippen MR) is 92.5 cm³/mol. The summed E-state index contributed by atoms with van der Waals surface area (Å²) in [5.41, 5.74) is 5.77. The first-order chi connectivity index (χ1) is 11.0. The molecule has 2 heterocycles. The average Bonchev–Trinajstić information content (AvgIpc) is 2.48. The molecule has 1 aromatic carbocycles. The molecular formula is C19H23N3O. The molecule has 0 radical (unpaired) electrons. The standard InChI is InChI=1S/C19H23N3O/c1-14-8-15(2)10-17(9-14)12-22-7-6-21(13-19(22)23)18-4-5-20-16(3)11-18/h4-5,8-11H,6-7,12-13H2,1-3H3. The summed E-state index contributed by atoms with van der Waals surface area (Å²) in [6.07, 6.45) is 1.80. The van der Waals surface area contributed by atoms with E-state index in [0.29, 0.717) is 13.1 Å². The fourth-order valence-corrected chi connectivity index (χ4v) is 3.20. The van der Waals surface area contributed by atoms with Gasteiger partial charge >= 0.3 is 0 Å². The Hall–Kier alpha value is -2.36. The number of amides is 1. The van der Waals surface area contributed by atoms with E-state index in [1.54, 1.807) is 6.20 Å². The van der Waals surface area contributed by atoms with Crippen LogP contribution >= 0.6 is 0 Å². The minimum atomic E-state index is 0.185. The highest BCUT2D eigenvalue weighted by Gasteiger charge is 2.24. The van der Waals surface area contributed by atoms with E-state index in [-0.39, 0.29) is 5.91 Å². The molecule has 0 unspecified atom stereocenters. The van der Waals surface area contributed by atoms with Gasteiger partial charge in [-0.15, -0.1) is 0 Å². The van der Waals surface area contributed by atoms with E-state index in [4.69, 9.17) is 0 Å². The second-order valence-corrected chi connectivity index (χ2v) is 6.39. The molecule has 1 aliphatic heterocycles. The summed E-state index contributed by atoms with van der Waals surface area (Å²) in [6, 6.07) is 10.5. The van der Waals surface area contributed by atoms with Crippen molar-refractivity contribution < 1.29 is 4.79 Å². The lowest BCUT2D eigenvalue weighted by Gasteiger charge is -2.35. The number of carbonyl (C=O) groups is 1. The number of benzene rings is 1. The predicted octanol–water partition coefficient (Wildman–Crippen LogP) is 2.86. The van der Waals surface area contributed by atoms with Crippen LogP contribution in [0.4, 0.5) is 5.69 Å². The number of rotatable bonds is 3. The Morgan fingerprint density at radius 2 is 1.78 bits per heavy atom. The van der Waals surface area contributed by atoms with Crippen molar-refractivity contribution in [1.82, 2.24) is 9.88 Å². The van der Waals surface area contributed by atoms with Crippen LogP contribution in [0.2, 0.25) is 0 Å². The number of hydrogen-bond acceptors (Lipinski definition) is 3. The Morgan fingerprint density at radius 1 is 1.04 bits per heavy atom. The van der Waals surface area contributed by atoms with Gasteiger partial charge in [0.15, 0.2) is 0 Å². The van der Waals surface area contributed by atoms with Crippen LogP contribution in [0.15, 0.2) is 36.5 Å². The molecule has 1 saturated heterocycles. The van der Waals surface area contributed by atoms with Gasteiger partial charge in [0.2, 0.25) is 5.91 Å². The lowest BCUT2D eigenvalue weighted by Crippen LogP contribution is -2.50. The number of carbonyl (C=O) groups excluding carboxylic acids is 1. The Kier molecular flexibility index (Phi) is 4.33. The second-order valence-electron chi connectivity index (χ2n) is 6.39. The maximum Gasteiger partial charge on any atom is 0.242 e. The van der Waals surface area contributed by atoms with Crippen molar-refractivity contribution in [2.24, 2.45) is 0 Å². The largest absolute Gasteiger partial charge is 0.360 e. The molecule has 23 heavy (non-hydrogen) atoms. The van der Waals surface area contributed by atoms with Crippen LogP contribution < -0.4 is 4.90 Å². The molecule has 1 aromatic heterocycles. The first kappa shape index (κ1) is 15.5. The summed E-state index contributed by atoms with van der Waals surface area (Å²) < 4.78 is 0. The molecular weight excluding hydrogens is 286 g/mol. The molecule has 2 aromatic rings. The minimum Gasteiger partial charge on any atom is -0.360 e. The molecule has 4 nitrogen and oxygen atoms in total. The highest BCUT2D eigenvalue weighted by molar-refractivity contribution is 5.82. The fourth-order valence-electron chi connectivity index (χ4n) is 3.20. The quantitative estimate of drug-likeness (QED) is 0.875. The third-order valence-corrected chi connectivity index (χ3v) is 4.22. The maximum atomic E-state index is 12.5. The SMILES string of the molecule is Cc1cc(C)cc(CN2CCN(c3ccnc(C)c3)CC2=O)c1. The molecule has 1 aliphatic rings. The van der Waals surface area contributed by atoms with Gasteiger partial charge in [-0.3, -0.25) is 9.78 Å². The zero-order chi connectivity index (χ0) is 16.4. The zero-order valence-electron chi connectivity index (χ0n) is 14.0. The van der Waals surface area contributed by atoms with Crippen LogP contribution in [-0.2, 0) is 11.3 Å². The molecule has 0 saturated carbocycles. The normalized spacial score (nSPS) is 15.2. The van der Waals surface area contributed by atoms with Crippen LogP contribution in [0.3, 0.4) is 0 Å². The third kappa shape index (κ3) is 3.70. The summed E-state index contributed by atoms with van der Waals surface area (Å²) in [7, 11) is 0. The van der Waals surface area contributed by atoms with Gasteiger partial charge in [0.1, 0.15) is 0 Å². The number of piperazine rings is 1. The molecule has 1 fully saturated rings. The highest BCUT2D eigenvalue weighted by Crippen LogP contribution is 2.19. The van der Waals surface area contributed by atoms with Gasteiger partial charge in [-0.05, 0) is 38.5 Å². The van der Waals surface area contributed by atoms with Crippen molar-refractivity contribution in [1.29, 1.82) is 0 Å². The Labute approximate surface area is 137 Å². The topological polar surface area (TPSA) is 36.4 Å². The van der Waals surface area contributed by atoms with Gasteiger partial charge in [-0.2, -0.15) is 0 Å². The van der Waals surface area contributed by atoms with Crippen LogP contribution in [-0.4, -0.2) is 35.4 Å². The maximum absolute atomic E-state index is 12.5. The van der Waals surface area contributed by atoms with E-state index in [0.717, 1.165) is 24.5 Å². The molecule has 0 aliphatic carbocycles. The Bertz CT molecular complexity index is 706. The molecule has 0 N–H and O–H groups in total. The van der Waals surface area contributed by atoms with Gasteiger partial charge in [0, 0.05) is 37.2 Å². The number of aromatic nitrogens is 1. The number of anilines is 1. The zero-order valence-corrected chi connectivity index (χ0v) is 14.0. The van der Waals surface area contributed by atoms with E-state index in [9.17, 15) is 4.79 Å². The highest BCUT2D eigenvalue weighted by atomic mass is 16.2. The van der Waals surface area contributed by atoms with Crippen molar-refractivity contribution in [3.8, 4) is 0 Å². The van der Waals surface area contributed by atoms with Crippen molar-refractivity contribution in [3.63, 3.8) is 0 Å². The first-order valence-electron chi connectivity index (χ1n) is 8.04. The summed E-state index contributed by atoms with van der Waals surface area (Å²) in [5, 5.41) is 0. The number of aryl methyl sites for hydroxylation is 3. The Balaban J connectivity index is 1.68. The summed E-state index contributed by atoms with van der Waals surface area (Å²) in [6.45, 7) is 8.93. The smallest absolute Gasteiger partial charge is 0.242 e. The van der Waals surface area contributed by atoms with E-state index in [1.165, 1.54) is 16.7 Å². The minimum absolute atomic E-state index is 0.185. The van der Waals surface area contributed by atoms with Gasteiger partial charge < -0.3 is 9.80 Å². The molecule has 0 spiro atoms. The van der Waals surface area contributed by atoms with Crippen LogP contribution in [0.25, 0.3) is 0 Å². The monoisotopic (exact) mass is 309 g/mol. The van der Waals surface area contributed by atoms with Crippen LogP contribution in [0.5, 0.6) is 0 Å². The van der Waals surface area contributed by atoms with Crippen molar-refractivity contribution in [2.75, 3.05) is 24.5 Å². The van der Waals surface area contributed by atoms with Crippen molar-refractivity contribution >= 4 is 11.6 Å². The molecule has 120 valence electrons. The van der Waals surface area contributed by atoms with Gasteiger partial charge in [-0.1, -0.05) is 29.3 Å². The van der Waals surface area contributed by atoms with Gasteiger partial charge in [0.05, 0.1) is 6.54 Å². The van der Waals surface area contributed by atoms with Crippen LogP contribution in [0, 0.1) is 20.8 Å². The van der Waals surface area contributed by atoms with E-state index < -0.39 is 0 Å². The van der Waals surface area contributed by atoms with Crippen molar-refractivity contribution in [2.45, 2.75) is 27.3 Å². The summed E-state index contributed by atoms with van der Waals surface area (Å²) in [5.74, 6) is 0.185. The Morgan fingerprint density at radius 3 is 2.43 bits per heavy atom. The fraction of sp³-hybridized carbons (Fsp3) is 0.368. The lowest BCUT2D eigenvalue weighted by atomic mass is 10.1. The van der Waals surface area contributed by atoms with Gasteiger partial charge in [-0.25, -0.2) is 0 Å². The molecule has 0 bridgehead atoms. The summed E-state index contributed by atoms with van der Waals surface area (Å²) >= 11 is 0. The van der Waals surface area contributed by atoms with Gasteiger partial charge in [0.25, 0.3) is 0 Å². The van der Waals surface area contributed by atoms with E-state index in [2.05, 4.69) is 41.9 Å². The van der Waals surface area contributed by atoms with E-state index in [1.807, 2.05) is 24.0 Å². The van der Waals surface area contributed by atoms with E-state index >= 15 is 0 Å². The lowest BCUT2D eigenvalue weighted by molar-refractivity contribution is -0.131. The number of pyridine rings is 1. The molecule has 3 rings (SSSR count). The third-order valence-electron chi connectivity index (χ3n) is 4.22. The average molecular weight is 309 g/mol. The summed E-state index contributed by atoms with van der Waals surface area (Å²) in [4.78, 5) is 20.8. The first-order valence-corrected chi connectivity index (χ1v) is 8.04. The van der Waals surface area contributed by atoms with Crippen molar-refractivity contribution in [3.05, 3.63) is 58.9 Å². The second kappa shape index (κ2) is 6.41. The number of hydrogen-bond donors (Lipinski definition) is 0. The van der Waals surface area contributed by atoms with Crippen LogP contribution in [0.1, 0.15) is 22.4 Å².